The second-order valence-corrected chi connectivity index (χ2v) is 3.41. The Hall–Kier alpha value is -1.33. The SMILES string of the molecule is CCC(=O)Nc1cc(C)cc(B(O)O)c1. The molecule has 1 aromatic rings. The molecule has 0 unspecified atom stereocenters. The van der Waals surface area contributed by atoms with Crippen LogP contribution < -0.4 is 10.8 Å². The minimum Gasteiger partial charge on any atom is -0.423 e. The number of anilines is 1. The van der Waals surface area contributed by atoms with Gasteiger partial charge in [-0.25, -0.2) is 0 Å². The summed E-state index contributed by atoms with van der Waals surface area (Å²) in [5.74, 6) is -0.0982. The number of carbonyl (C=O) groups excluding carboxylic acids is 1. The van der Waals surface area contributed by atoms with Gasteiger partial charge in [-0.2, -0.15) is 0 Å². The molecule has 80 valence electrons. The summed E-state index contributed by atoms with van der Waals surface area (Å²) in [7, 11) is -1.51. The third kappa shape index (κ3) is 3.38. The average molecular weight is 207 g/mol. The van der Waals surface area contributed by atoms with E-state index in [-0.39, 0.29) is 5.91 Å². The lowest BCUT2D eigenvalue weighted by molar-refractivity contribution is -0.115. The maximum Gasteiger partial charge on any atom is 0.488 e. The lowest BCUT2D eigenvalue weighted by Gasteiger charge is -2.07. The highest BCUT2D eigenvalue weighted by Gasteiger charge is 2.12. The molecule has 0 aliphatic heterocycles. The second-order valence-electron chi connectivity index (χ2n) is 3.41. The fraction of sp³-hybridized carbons (Fsp3) is 0.300. The van der Waals surface area contributed by atoms with E-state index in [1.54, 1.807) is 25.1 Å². The summed E-state index contributed by atoms with van der Waals surface area (Å²) in [6, 6.07) is 4.98. The zero-order valence-corrected chi connectivity index (χ0v) is 8.82. The first-order chi connectivity index (χ1) is 7.02. The maximum absolute atomic E-state index is 11.1. The number of benzene rings is 1. The molecule has 0 spiro atoms. The number of amides is 1. The number of nitrogens with one attached hydrogen (secondary N) is 1. The Morgan fingerprint density at radius 3 is 2.60 bits per heavy atom. The smallest absolute Gasteiger partial charge is 0.423 e. The molecule has 5 heteroatoms. The predicted octanol–water partition coefficient (Wildman–Crippen LogP) is 0.0233. The largest absolute Gasteiger partial charge is 0.488 e. The van der Waals surface area contributed by atoms with Gasteiger partial charge in [-0.1, -0.05) is 13.0 Å². The number of hydrogen-bond donors (Lipinski definition) is 3. The molecule has 0 heterocycles. The third-order valence-corrected chi connectivity index (χ3v) is 2.00. The topological polar surface area (TPSA) is 69.6 Å². The van der Waals surface area contributed by atoms with Crippen molar-refractivity contribution in [3.8, 4) is 0 Å². The van der Waals surface area contributed by atoms with Crippen molar-refractivity contribution in [3.63, 3.8) is 0 Å². The fourth-order valence-corrected chi connectivity index (χ4v) is 1.28. The second kappa shape index (κ2) is 4.95. The Morgan fingerprint density at radius 2 is 2.07 bits per heavy atom. The van der Waals surface area contributed by atoms with Crippen LogP contribution in [-0.4, -0.2) is 23.1 Å². The normalized spacial score (nSPS) is 9.87. The van der Waals surface area contributed by atoms with E-state index in [1.807, 2.05) is 6.92 Å². The lowest BCUT2D eigenvalue weighted by Crippen LogP contribution is -2.30. The summed E-state index contributed by atoms with van der Waals surface area (Å²) in [6.45, 7) is 3.58. The molecule has 1 rings (SSSR count). The molecule has 0 fully saturated rings. The minimum atomic E-state index is -1.51. The number of aryl methyl sites for hydroxylation is 1. The van der Waals surface area contributed by atoms with E-state index in [2.05, 4.69) is 5.32 Å². The summed E-state index contributed by atoms with van der Waals surface area (Å²) >= 11 is 0. The molecule has 0 saturated heterocycles. The summed E-state index contributed by atoms with van der Waals surface area (Å²) in [6.07, 6.45) is 0.394. The van der Waals surface area contributed by atoms with Crippen LogP contribution in [0, 0.1) is 6.92 Å². The standard InChI is InChI=1S/C10H14BNO3/c1-3-10(13)12-9-5-7(2)4-8(6-9)11(14)15/h4-6,14-15H,3H2,1-2H3,(H,12,13). The van der Waals surface area contributed by atoms with Crippen LogP contribution in [0.2, 0.25) is 0 Å². The Bertz CT molecular complexity index is 366. The zero-order chi connectivity index (χ0) is 11.4. The predicted molar refractivity (Wildman–Crippen MR) is 59.9 cm³/mol. The van der Waals surface area contributed by atoms with Crippen molar-refractivity contribution in [2.24, 2.45) is 0 Å². The van der Waals surface area contributed by atoms with Crippen molar-refractivity contribution in [2.45, 2.75) is 20.3 Å². The Labute approximate surface area is 89.1 Å². The number of carbonyl (C=O) groups is 1. The highest BCUT2D eigenvalue weighted by Crippen LogP contribution is 2.08. The molecule has 15 heavy (non-hydrogen) atoms. The average Bonchev–Trinajstić information content (AvgIpc) is 2.16. The molecule has 4 nitrogen and oxygen atoms in total. The Morgan fingerprint density at radius 1 is 1.40 bits per heavy atom. The van der Waals surface area contributed by atoms with Crippen LogP contribution in [0.5, 0.6) is 0 Å². The molecule has 0 saturated carbocycles. The van der Waals surface area contributed by atoms with Crippen molar-refractivity contribution in [2.75, 3.05) is 5.32 Å². The summed E-state index contributed by atoms with van der Waals surface area (Å²) in [5.41, 5.74) is 1.83. The minimum absolute atomic E-state index is 0.0982. The van der Waals surface area contributed by atoms with E-state index < -0.39 is 7.12 Å². The molecule has 0 aromatic heterocycles. The quantitative estimate of drug-likeness (QED) is 0.612. The Kier molecular flexibility index (Phi) is 3.88. The first kappa shape index (κ1) is 11.7. The number of hydrogen-bond acceptors (Lipinski definition) is 3. The van der Waals surface area contributed by atoms with Crippen LogP contribution in [0.4, 0.5) is 5.69 Å². The van der Waals surface area contributed by atoms with Gasteiger partial charge in [-0.05, 0) is 30.1 Å². The highest BCUT2D eigenvalue weighted by molar-refractivity contribution is 6.58. The van der Waals surface area contributed by atoms with Gasteiger partial charge < -0.3 is 15.4 Å². The first-order valence-electron chi connectivity index (χ1n) is 4.80. The van der Waals surface area contributed by atoms with E-state index in [1.165, 1.54) is 0 Å². The molecule has 0 bridgehead atoms. The molecule has 0 radical (unpaired) electrons. The van der Waals surface area contributed by atoms with Crippen molar-refractivity contribution < 1.29 is 14.8 Å². The molecule has 0 atom stereocenters. The van der Waals surface area contributed by atoms with Gasteiger partial charge in [0.2, 0.25) is 5.91 Å². The van der Waals surface area contributed by atoms with Crippen LogP contribution in [-0.2, 0) is 4.79 Å². The van der Waals surface area contributed by atoms with E-state index in [9.17, 15) is 4.79 Å². The van der Waals surface area contributed by atoms with Crippen molar-refractivity contribution in [1.29, 1.82) is 0 Å². The monoisotopic (exact) mass is 207 g/mol. The van der Waals surface area contributed by atoms with Crippen molar-refractivity contribution in [3.05, 3.63) is 23.8 Å². The molecule has 0 aliphatic rings. The van der Waals surface area contributed by atoms with E-state index in [0.717, 1.165) is 5.56 Å². The summed E-state index contributed by atoms with van der Waals surface area (Å²) in [4.78, 5) is 11.1. The van der Waals surface area contributed by atoms with Crippen LogP contribution in [0.1, 0.15) is 18.9 Å². The molecule has 1 aromatic carbocycles. The third-order valence-electron chi connectivity index (χ3n) is 2.00. The Balaban J connectivity index is 2.93. The summed E-state index contributed by atoms with van der Waals surface area (Å²) in [5, 5.41) is 20.7. The van der Waals surface area contributed by atoms with Gasteiger partial charge in [-0.3, -0.25) is 4.79 Å². The zero-order valence-electron chi connectivity index (χ0n) is 8.82. The van der Waals surface area contributed by atoms with Gasteiger partial charge in [0.05, 0.1) is 0 Å². The fourth-order valence-electron chi connectivity index (χ4n) is 1.28. The first-order valence-corrected chi connectivity index (χ1v) is 4.80. The van der Waals surface area contributed by atoms with Gasteiger partial charge in [0.1, 0.15) is 0 Å². The summed E-state index contributed by atoms with van der Waals surface area (Å²) < 4.78 is 0. The molecular formula is C10H14BNO3. The molecule has 1 amide bonds. The van der Waals surface area contributed by atoms with Gasteiger partial charge in [0.15, 0.2) is 0 Å². The van der Waals surface area contributed by atoms with Gasteiger partial charge >= 0.3 is 7.12 Å². The van der Waals surface area contributed by atoms with Crippen LogP contribution in [0.3, 0.4) is 0 Å². The lowest BCUT2D eigenvalue weighted by atomic mass is 9.79. The maximum atomic E-state index is 11.1. The van der Waals surface area contributed by atoms with E-state index in [4.69, 9.17) is 10.0 Å². The van der Waals surface area contributed by atoms with Crippen molar-refractivity contribution in [1.82, 2.24) is 0 Å². The van der Waals surface area contributed by atoms with Gasteiger partial charge in [0, 0.05) is 12.1 Å². The van der Waals surface area contributed by atoms with Gasteiger partial charge in [-0.15, -0.1) is 0 Å². The molecular weight excluding hydrogens is 193 g/mol. The van der Waals surface area contributed by atoms with Crippen LogP contribution in [0.15, 0.2) is 18.2 Å². The highest BCUT2D eigenvalue weighted by atomic mass is 16.4. The van der Waals surface area contributed by atoms with Gasteiger partial charge in [0.25, 0.3) is 0 Å². The van der Waals surface area contributed by atoms with Crippen LogP contribution >= 0.6 is 0 Å². The van der Waals surface area contributed by atoms with E-state index >= 15 is 0 Å². The molecule has 3 N–H and O–H groups in total. The molecule has 0 aliphatic carbocycles. The number of rotatable bonds is 3. The van der Waals surface area contributed by atoms with Crippen molar-refractivity contribution >= 4 is 24.2 Å². The van der Waals surface area contributed by atoms with E-state index in [0.29, 0.717) is 17.6 Å². The van der Waals surface area contributed by atoms with Crippen LogP contribution in [0.25, 0.3) is 0 Å².